The molecule has 0 aliphatic carbocycles. The molecule has 0 spiro atoms. The fourth-order valence-corrected chi connectivity index (χ4v) is 4.94. The van der Waals surface area contributed by atoms with E-state index in [1.807, 2.05) is 17.0 Å². The quantitative estimate of drug-likeness (QED) is 0.674. The number of rotatable bonds is 7. The van der Waals surface area contributed by atoms with Crippen molar-refractivity contribution in [2.45, 2.75) is 18.7 Å². The summed E-state index contributed by atoms with van der Waals surface area (Å²) in [5.41, 5.74) is 0. The first kappa shape index (κ1) is 21.3. The molecule has 1 fully saturated rings. The molecule has 1 aromatic heterocycles. The third kappa shape index (κ3) is 4.43. The van der Waals surface area contributed by atoms with Gasteiger partial charge in [0, 0.05) is 39.3 Å². The number of sulfonamides is 1. The Morgan fingerprint density at radius 2 is 1.76 bits per heavy atom. The summed E-state index contributed by atoms with van der Waals surface area (Å²) < 4.78 is 46.0. The van der Waals surface area contributed by atoms with Crippen LogP contribution in [0.25, 0.3) is 0 Å². The lowest BCUT2D eigenvalue weighted by molar-refractivity contribution is 0.372. The molecular weight excluding hydrogens is 397 g/mol. The zero-order valence-corrected chi connectivity index (χ0v) is 17.7. The van der Waals surface area contributed by atoms with Gasteiger partial charge in [0.25, 0.3) is 0 Å². The first-order chi connectivity index (χ1) is 13.9. The molecule has 0 saturated carbocycles. The highest BCUT2D eigenvalue weighted by molar-refractivity contribution is 7.89. The van der Waals surface area contributed by atoms with Crippen molar-refractivity contribution in [2.75, 3.05) is 56.2 Å². The number of anilines is 2. The van der Waals surface area contributed by atoms with Crippen molar-refractivity contribution in [1.82, 2.24) is 14.5 Å². The minimum atomic E-state index is -3.86. The van der Waals surface area contributed by atoms with Crippen molar-refractivity contribution >= 4 is 21.7 Å². The number of hydrogen-bond donors (Lipinski definition) is 0. The van der Waals surface area contributed by atoms with Gasteiger partial charge in [0.2, 0.25) is 10.0 Å². The van der Waals surface area contributed by atoms with Crippen LogP contribution in [0.5, 0.6) is 5.75 Å². The summed E-state index contributed by atoms with van der Waals surface area (Å²) >= 11 is 0. The summed E-state index contributed by atoms with van der Waals surface area (Å²) in [4.78, 5) is 3.94. The number of nitrogens with zero attached hydrogens (tertiary/aromatic N) is 5. The maximum absolute atomic E-state index is 13.6. The second-order valence-electron chi connectivity index (χ2n) is 6.61. The fraction of sp³-hybridized carbons (Fsp3) is 0.474. The third-order valence-corrected chi connectivity index (χ3v) is 6.95. The molecule has 2 aromatic rings. The predicted octanol–water partition coefficient (Wildman–Crippen LogP) is 1.98. The Balaban J connectivity index is 1.71. The van der Waals surface area contributed by atoms with Crippen LogP contribution in [-0.2, 0) is 10.0 Å². The Kier molecular flexibility index (Phi) is 6.53. The molecule has 29 heavy (non-hydrogen) atoms. The molecule has 10 heteroatoms. The highest BCUT2D eigenvalue weighted by Gasteiger charge is 2.31. The minimum absolute atomic E-state index is 0.131. The van der Waals surface area contributed by atoms with Crippen molar-refractivity contribution in [2.24, 2.45) is 0 Å². The summed E-state index contributed by atoms with van der Waals surface area (Å²) in [6.45, 7) is 7.29. The smallest absolute Gasteiger partial charge is 0.246 e. The van der Waals surface area contributed by atoms with Gasteiger partial charge in [0.05, 0.1) is 7.11 Å². The van der Waals surface area contributed by atoms with Crippen LogP contribution in [0.3, 0.4) is 0 Å². The van der Waals surface area contributed by atoms with E-state index in [4.69, 9.17) is 4.74 Å². The number of hydrogen-bond acceptors (Lipinski definition) is 7. The average molecular weight is 424 g/mol. The molecule has 3 rings (SSSR count). The van der Waals surface area contributed by atoms with Gasteiger partial charge in [-0.2, -0.15) is 4.31 Å². The maximum Gasteiger partial charge on any atom is 0.246 e. The average Bonchev–Trinajstić information content (AvgIpc) is 2.75. The van der Waals surface area contributed by atoms with Crippen LogP contribution in [0, 0.1) is 5.82 Å². The van der Waals surface area contributed by atoms with Crippen LogP contribution in [0.2, 0.25) is 0 Å². The van der Waals surface area contributed by atoms with Crippen molar-refractivity contribution in [1.29, 1.82) is 0 Å². The van der Waals surface area contributed by atoms with Crippen LogP contribution in [0.1, 0.15) is 13.8 Å². The summed E-state index contributed by atoms with van der Waals surface area (Å²) in [6, 6.07) is 7.33. The van der Waals surface area contributed by atoms with E-state index in [0.717, 1.165) is 25.0 Å². The lowest BCUT2D eigenvalue weighted by Crippen LogP contribution is -2.49. The van der Waals surface area contributed by atoms with Crippen molar-refractivity contribution in [3.63, 3.8) is 0 Å². The Morgan fingerprint density at radius 1 is 1.07 bits per heavy atom. The molecule has 158 valence electrons. The van der Waals surface area contributed by atoms with E-state index in [1.54, 1.807) is 0 Å². The first-order valence-corrected chi connectivity index (χ1v) is 11.0. The monoisotopic (exact) mass is 423 g/mol. The van der Waals surface area contributed by atoms with E-state index in [9.17, 15) is 12.8 Å². The molecule has 1 saturated heterocycles. The molecule has 0 atom stereocenters. The predicted molar refractivity (Wildman–Crippen MR) is 110 cm³/mol. The molecule has 1 aromatic carbocycles. The Labute approximate surface area is 170 Å². The van der Waals surface area contributed by atoms with E-state index in [0.29, 0.717) is 18.9 Å². The number of piperazine rings is 1. The molecule has 0 unspecified atom stereocenters. The summed E-state index contributed by atoms with van der Waals surface area (Å²) in [7, 11) is -2.49. The molecule has 2 heterocycles. The fourth-order valence-electron chi connectivity index (χ4n) is 3.35. The van der Waals surface area contributed by atoms with Gasteiger partial charge in [-0.25, -0.2) is 12.8 Å². The minimum Gasteiger partial charge on any atom is -0.495 e. The molecule has 0 N–H and O–H groups in total. The van der Waals surface area contributed by atoms with Gasteiger partial charge in [-0.1, -0.05) is 0 Å². The van der Waals surface area contributed by atoms with Gasteiger partial charge in [0.1, 0.15) is 16.5 Å². The molecular formula is C19H26FN5O3S. The van der Waals surface area contributed by atoms with Gasteiger partial charge < -0.3 is 14.5 Å². The summed E-state index contributed by atoms with van der Waals surface area (Å²) in [6.07, 6.45) is 0. The molecule has 0 amide bonds. The Morgan fingerprint density at radius 3 is 2.31 bits per heavy atom. The van der Waals surface area contributed by atoms with Crippen LogP contribution < -0.4 is 14.5 Å². The number of ether oxygens (including phenoxy) is 1. The van der Waals surface area contributed by atoms with Gasteiger partial charge in [-0.15, -0.1) is 10.2 Å². The molecule has 1 aliphatic heterocycles. The van der Waals surface area contributed by atoms with Gasteiger partial charge in [-0.05, 0) is 44.2 Å². The number of aromatic nitrogens is 2. The lowest BCUT2D eigenvalue weighted by atomic mass is 10.3. The zero-order chi connectivity index (χ0) is 21.0. The number of benzene rings is 1. The number of halogens is 1. The third-order valence-electron chi connectivity index (χ3n) is 5.03. The largest absolute Gasteiger partial charge is 0.495 e. The van der Waals surface area contributed by atoms with Crippen LogP contribution >= 0.6 is 0 Å². The highest BCUT2D eigenvalue weighted by Crippen LogP contribution is 2.28. The Hall–Kier alpha value is -2.46. The van der Waals surface area contributed by atoms with E-state index >= 15 is 0 Å². The number of methoxy groups -OCH3 is 1. The van der Waals surface area contributed by atoms with Crippen molar-refractivity contribution in [3.05, 3.63) is 36.1 Å². The maximum atomic E-state index is 13.6. The van der Waals surface area contributed by atoms with Crippen molar-refractivity contribution in [3.8, 4) is 5.75 Å². The first-order valence-electron chi connectivity index (χ1n) is 9.58. The molecule has 8 nitrogen and oxygen atoms in total. The topological polar surface area (TPSA) is 78.9 Å². The Bertz CT molecular complexity index is 927. The van der Waals surface area contributed by atoms with Crippen molar-refractivity contribution < 1.29 is 17.5 Å². The molecule has 1 aliphatic rings. The van der Waals surface area contributed by atoms with Crippen LogP contribution in [0.15, 0.2) is 35.2 Å². The van der Waals surface area contributed by atoms with Gasteiger partial charge in [-0.3, -0.25) is 0 Å². The van der Waals surface area contributed by atoms with E-state index in [2.05, 4.69) is 28.9 Å². The zero-order valence-electron chi connectivity index (χ0n) is 16.9. The lowest BCUT2D eigenvalue weighted by Gasteiger charge is -2.34. The normalized spacial score (nSPS) is 15.4. The molecule has 0 bridgehead atoms. The summed E-state index contributed by atoms with van der Waals surface area (Å²) in [5.74, 6) is 1.04. The second kappa shape index (κ2) is 8.91. The standard InChI is InChI=1S/C19H26FN5O3S/c1-4-23(5-2)18-8-9-19(22-21-18)24-10-12-25(13-11-24)29(26,27)17-14-15(20)6-7-16(17)28-3/h6-9,14H,4-5,10-13H2,1-3H3. The van der Waals surface area contributed by atoms with E-state index < -0.39 is 15.8 Å². The van der Waals surface area contributed by atoms with Crippen LogP contribution in [0.4, 0.5) is 16.0 Å². The summed E-state index contributed by atoms with van der Waals surface area (Å²) in [5, 5.41) is 8.59. The van der Waals surface area contributed by atoms with E-state index in [-0.39, 0.29) is 23.7 Å². The van der Waals surface area contributed by atoms with E-state index in [1.165, 1.54) is 23.5 Å². The van der Waals surface area contributed by atoms with Gasteiger partial charge >= 0.3 is 0 Å². The second-order valence-corrected chi connectivity index (χ2v) is 8.51. The molecule has 0 radical (unpaired) electrons. The highest BCUT2D eigenvalue weighted by atomic mass is 32.2. The van der Waals surface area contributed by atoms with Gasteiger partial charge in [0.15, 0.2) is 11.6 Å². The SMILES string of the molecule is CCN(CC)c1ccc(N2CCN(S(=O)(=O)c3cc(F)ccc3OC)CC2)nn1. The van der Waals surface area contributed by atoms with Crippen LogP contribution in [-0.4, -0.2) is 69.3 Å².